The molecule has 0 atom stereocenters. The molecule has 0 saturated heterocycles. The Morgan fingerprint density at radius 2 is 2.31 bits per heavy atom. The fraction of sp³-hybridized carbons (Fsp3) is 0.333. The van der Waals surface area contributed by atoms with Crippen LogP contribution in [0.15, 0.2) is 24.3 Å². The lowest BCUT2D eigenvalue weighted by atomic mass is 9.97. The standard InChI is InChI=1S/C12H14O/c1-2-13-12-8-7-10-5-3-4-6-11(10)9-12/h3,5,7-9H,2,4,6H2,1H3. The number of fused-ring (bicyclic) bond motifs is 1. The Labute approximate surface area is 79.0 Å². The minimum absolute atomic E-state index is 0.745. The first-order chi connectivity index (χ1) is 6.40. The molecule has 2 rings (SSSR count). The molecule has 1 nitrogen and oxygen atoms in total. The highest BCUT2D eigenvalue weighted by atomic mass is 16.5. The van der Waals surface area contributed by atoms with Gasteiger partial charge in [-0.25, -0.2) is 0 Å². The zero-order chi connectivity index (χ0) is 9.10. The van der Waals surface area contributed by atoms with E-state index in [4.69, 9.17) is 4.74 Å². The van der Waals surface area contributed by atoms with Gasteiger partial charge in [0.05, 0.1) is 6.61 Å². The molecule has 1 heteroatoms. The summed E-state index contributed by atoms with van der Waals surface area (Å²) in [6, 6.07) is 6.33. The van der Waals surface area contributed by atoms with Crippen LogP contribution in [0.1, 0.15) is 24.5 Å². The van der Waals surface area contributed by atoms with Gasteiger partial charge in [0.2, 0.25) is 0 Å². The SMILES string of the molecule is CCOc1ccc2c(c1)CCC=C2. The van der Waals surface area contributed by atoms with Crippen molar-refractivity contribution < 1.29 is 4.74 Å². The van der Waals surface area contributed by atoms with Crippen molar-refractivity contribution in [2.75, 3.05) is 6.61 Å². The minimum atomic E-state index is 0.745. The average Bonchev–Trinajstić information content (AvgIpc) is 2.18. The van der Waals surface area contributed by atoms with E-state index in [0.717, 1.165) is 25.2 Å². The highest BCUT2D eigenvalue weighted by molar-refractivity contribution is 5.57. The maximum absolute atomic E-state index is 5.45. The topological polar surface area (TPSA) is 9.23 Å². The Bertz CT molecular complexity index is 326. The molecule has 0 heterocycles. The molecule has 13 heavy (non-hydrogen) atoms. The fourth-order valence-electron chi connectivity index (χ4n) is 1.67. The van der Waals surface area contributed by atoms with Gasteiger partial charge in [-0.1, -0.05) is 18.2 Å². The van der Waals surface area contributed by atoms with E-state index in [1.165, 1.54) is 11.1 Å². The summed E-state index contributed by atoms with van der Waals surface area (Å²) < 4.78 is 5.45. The normalized spacial score (nSPS) is 13.9. The predicted octanol–water partition coefficient (Wildman–Crippen LogP) is 3.04. The van der Waals surface area contributed by atoms with Crippen LogP contribution in [0, 0.1) is 0 Å². The van der Waals surface area contributed by atoms with Crippen molar-refractivity contribution in [3.8, 4) is 5.75 Å². The molecule has 0 bridgehead atoms. The molecule has 0 aliphatic heterocycles. The first kappa shape index (κ1) is 8.36. The largest absolute Gasteiger partial charge is 0.494 e. The van der Waals surface area contributed by atoms with Gasteiger partial charge >= 0.3 is 0 Å². The van der Waals surface area contributed by atoms with Crippen LogP contribution in [0.2, 0.25) is 0 Å². The van der Waals surface area contributed by atoms with Crippen molar-refractivity contribution in [2.45, 2.75) is 19.8 Å². The van der Waals surface area contributed by atoms with Gasteiger partial charge in [0, 0.05) is 0 Å². The van der Waals surface area contributed by atoms with Crippen molar-refractivity contribution in [2.24, 2.45) is 0 Å². The van der Waals surface area contributed by atoms with Gasteiger partial charge in [-0.15, -0.1) is 0 Å². The Morgan fingerprint density at radius 3 is 3.15 bits per heavy atom. The number of ether oxygens (including phenoxy) is 1. The summed E-state index contributed by atoms with van der Waals surface area (Å²) in [5.74, 6) is 0.997. The lowest BCUT2D eigenvalue weighted by Gasteiger charge is -2.11. The van der Waals surface area contributed by atoms with Crippen LogP contribution in [0.3, 0.4) is 0 Å². The van der Waals surface area contributed by atoms with Gasteiger partial charge in [0.1, 0.15) is 5.75 Å². The molecule has 0 fully saturated rings. The monoisotopic (exact) mass is 174 g/mol. The quantitative estimate of drug-likeness (QED) is 0.669. The zero-order valence-electron chi connectivity index (χ0n) is 7.92. The van der Waals surface area contributed by atoms with Crippen molar-refractivity contribution in [1.82, 2.24) is 0 Å². The van der Waals surface area contributed by atoms with Crippen LogP contribution in [-0.2, 0) is 6.42 Å². The van der Waals surface area contributed by atoms with E-state index >= 15 is 0 Å². The second-order valence-corrected chi connectivity index (χ2v) is 3.23. The van der Waals surface area contributed by atoms with Gasteiger partial charge in [0.25, 0.3) is 0 Å². The number of hydrogen-bond donors (Lipinski definition) is 0. The fourth-order valence-corrected chi connectivity index (χ4v) is 1.67. The maximum atomic E-state index is 5.45. The Morgan fingerprint density at radius 1 is 1.38 bits per heavy atom. The van der Waals surface area contributed by atoms with Gasteiger partial charge in [-0.2, -0.15) is 0 Å². The number of hydrogen-bond acceptors (Lipinski definition) is 1. The molecule has 1 aromatic carbocycles. The number of allylic oxidation sites excluding steroid dienone is 1. The van der Waals surface area contributed by atoms with Crippen LogP contribution < -0.4 is 4.74 Å². The summed E-state index contributed by atoms with van der Waals surface area (Å²) in [5.41, 5.74) is 2.75. The molecule has 0 radical (unpaired) electrons. The summed E-state index contributed by atoms with van der Waals surface area (Å²) in [6.07, 6.45) is 6.71. The Hall–Kier alpha value is -1.24. The summed E-state index contributed by atoms with van der Waals surface area (Å²) in [7, 11) is 0. The molecule has 0 amide bonds. The van der Waals surface area contributed by atoms with Gasteiger partial charge in [-0.05, 0) is 43.0 Å². The molecule has 0 saturated carbocycles. The van der Waals surface area contributed by atoms with Crippen molar-refractivity contribution in [3.05, 3.63) is 35.4 Å². The summed E-state index contributed by atoms with van der Waals surface area (Å²) in [6.45, 7) is 2.76. The third kappa shape index (κ3) is 1.74. The maximum Gasteiger partial charge on any atom is 0.119 e. The third-order valence-electron chi connectivity index (χ3n) is 2.30. The van der Waals surface area contributed by atoms with E-state index in [-0.39, 0.29) is 0 Å². The predicted molar refractivity (Wildman–Crippen MR) is 55.0 cm³/mol. The van der Waals surface area contributed by atoms with E-state index in [1.807, 2.05) is 13.0 Å². The zero-order valence-corrected chi connectivity index (χ0v) is 7.92. The average molecular weight is 174 g/mol. The van der Waals surface area contributed by atoms with Crippen LogP contribution in [0.25, 0.3) is 6.08 Å². The molecule has 0 N–H and O–H groups in total. The van der Waals surface area contributed by atoms with E-state index < -0.39 is 0 Å². The van der Waals surface area contributed by atoms with E-state index in [0.29, 0.717) is 0 Å². The first-order valence-corrected chi connectivity index (χ1v) is 4.82. The van der Waals surface area contributed by atoms with Crippen LogP contribution in [-0.4, -0.2) is 6.61 Å². The van der Waals surface area contributed by atoms with Crippen LogP contribution in [0.5, 0.6) is 5.75 Å². The van der Waals surface area contributed by atoms with Crippen molar-refractivity contribution >= 4 is 6.08 Å². The molecular weight excluding hydrogens is 160 g/mol. The molecule has 1 aliphatic carbocycles. The molecule has 1 aromatic rings. The van der Waals surface area contributed by atoms with Gasteiger partial charge in [0.15, 0.2) is 0 Å². The van der Waals surface area contributed by atoms with E-state index in [1.54, 1.807) is 0 Å². The van der Waals surface area contributed by atoms with Gasteiger partial charge < -0.3 is 4.74 Å². The second kappa shape index (κ2) is 3.65. The Balaban J connectivity index is 2.31. The molecule has 68 valence electrons. The van der Waals surface area contributed by atoms with E-state index in [2.05, 4.69) is 24.3 Å². The number of rotatable bonds is 2. The molecular formula is C12H14O. The highest BCUT2D eigenvalue weighted by Gasteiger charge is 2.04. The minimum Gasteiger partial charge on any atom is -0.494 e. The first-order valence-electron chi connectivity index (χ1n) is 4.82. The lowest BCUT2D eigenvalue weighted by Crippen LogP contribution is -1.97. The smallest absolute Gasteiger partial charge is 0.119 e. The van der Waals surface area contributed by atoms with Crippen molar-refractivity contribution in [1.29, 1.82) is 0 Å². The summed E-state index contributed by atoms with van der Waals surface area (Å²) >= 11 is 0. The summed E-state index contributed by atoms with van der Waals surface area (Å²) in [4.78, 5) is 0. The Kier molecular flexibility index (Phi) is 2.35. The lowest BCUT2D eigenvalue weighted by molar-refractivity contribution is 0.340. The summed E-state index contributed by atoms with van der Waals surface area (Å²) in [5, 5.41) is 0. The van der Waals surface area contributed by atoms with Crippen molar-refractivity contribution in [3.63, 3.8) is 0 Å². The third-order valence-corrected chi connectivity index (χ3v) is 2.30. The van der Waals surface area contributed by atoms with Crippen LogP contribution >= 0.6 is 0 Å². The molecule has 0 unspecified atom stereocenters. The van der Waals surface area contributed by atoms with Crippen LogP contribution in [0.4, 0.5) is 0 Å². The molecule has 0 aromatic heterocycles. The highest BCUT2D eigenvalue weighted by Crippen LogP contribution is 2.23. The van der Waals surface area contributed by atoms with Gasteiger partial charge in [-0.3, -0.25) is 0 Å². The molecule has 1 aliphatic rings. The molecule has 0 spiro atoms. The number of benzene rings is 1. The number of aryl methyl sites for hydroxylation is 1. The second-order valence-electron chi connectivity index (χ2n) is 3.23. The van der Waals surface area contributed by atoms with E-state index in [9.17, 15) is 0 Å².